The standard InChI is InChI=1S/C30H9F9S3/c31-16-1-10(2-17(32)25(16)37)13-7-40-28-22(13)29-24(14(8-41-29)11-3-18(33)26(38)19(34)4-11)30-23(28)15(9-42-30)12-5-20(35)27(39)21(36)6-12/h1-9H. The summed E-state index contributed by atoms with van der Waals surface area (Å²) in [5.74, 6) is -13.4. The van der Waals surface area contributed by atoms with E-state index in [1.165, 1.54) is 0 Å². The van der Waals surface area contributed by atoms with Gasteiger partial charge in [-0.3, -0.25) is 0 Å². The van der Waals surface area contributed by atoms with Gasteiger partial charge in [-0.25, -0.2) is 39.5 Å². The van der Waals surface area contributed by atoms with Crippen LogP contribution in [0.1, 0.15) is 0 Å². The Morgan fingerprint density at radius 3 is 0.762 bits per heavy atom. The Morgan fingerprint density at radius 2 is 0.548 bits per heavy atom. The van der Waals surface area contributed by atoms with Crippen molar-refractivity contribution < 1.29 is 39.5 Å². The number of hydrogen-bond donors (Lipinski definition) is 0. The highest BCUT2D eigenvalue weighted by atomic mass is 32.1. The molecule has 0 aliphatic heterocycles. The number of rotatable bonds is 3. The predicted molar refractivity (Wildman–Crippen MR) is 149 cm³/mol. The number of thiophene rings is 3. The fraction of sp³-hybridized carbons (Fsp3) is 0. The van der Waals surface area contributed by atoms with Gasteiger partial charge in [0, 0.05) is 46.9 Å². The Bertz CT molecular complexity index is 1910. The molecule has 42 heavy (non-hydrogen) atoms. The SMILES string of the molecule is Fc1cc(-c2csc3c2c2scc(-c4cc(F)c(F)c(F)c4)c2c2scc(-c4cc(F)c(F)c(F)c4)c32)cc(F)c1F. The molecule has 0 spiro atoms. The smallest absolute Gasteiger partial charge is 0.194 e. The predicted octanol–water partition coefficient (Wildman–Crippen LogP) is 11.6. The van der Waals surface area contributed by atoms with E-state index in [0.29, 0.717) is 46.9 Å². The van der Waals surface area contributed by atoms with Crippen LogP contribution in [0, 0.1) is 52.4 Å². The van der Waals surface area contributed by atoms with Crippen LogP contribution in [0.3, 0.4) is 0 Å². The van der Waals surface area contributed by atoms with E-state index >= 15 is 0 Å². The molecule has 0 amide bonds. The third kappa shape index (κ3) is 3.89. The van der Waals surface area contributed by atoms with E-state index < -0.39 is 52.4 Å². The van der Waals surface area contributed by atoms with Gasteiger partial charge in [0.25, 0.3) is 0 Å². The zero-order chi connectivity index (χ0) is 29.6. The van der Waals surface area contributed by atoms with E-state index in [0.717, 1.165) is 70.4 Å². The highest BCUT2D eigenvalue weighted by Crippen LogP contribution is 2.53. The van der Waals surface area contributed by atoms with Gasteiger partial charge in [-0.05, 0) is 69.2 Å². The first-order valence-corrected chi connectivity index (χ1v) is 14.5. The summed E-state index contributed by atoms with van der Waals surface area (Å²) >= 11 is 3.45. The van der Waals surface area contributed by atoms with Crippen molar-refractivity contribution in [2.45, 2.75) is 0 Å². The van der Waals surface area contributed by atoms with Crippen LogP contribution in [-0.4, -0.2) is 0 Å². The highest BCUT2D eigenvalue weighted by Gasteiger charge is 2.25. The molecule has 7 aromatic rings. The topological polar surface area (TPSA) is 0 Å². The molecule has 210 valence electrons. The Balaban J connectivity index is 1.64. The molecule has 7 rings (SSSR count). The van der Waals surface area contributed by atoms with Crippen LogP contribution < -0.4 is 0 Å². The summed E-state index contributed by atoms with van der Waals surface area (Å²) in [5.41, 5.74) is 0.919. The molecular weight excluding hydrogens is 628 g/mol. The van der Waals surface area contributed by atoms with Gasteiger partial charge in [0.1, 0.15) is 0 Å². The van der Waals surface area contributed by atoms with Crippen molar-refractivity contribution in [2.24, 2.45) is 0 Å². The summed E-state index contributed by atoms with van der Waals surface area (Å²) in [4.78, 5) is 0. The first-order chi connectivity index (χ1) is 20.0. The zero-order valence-electron chi connectivity index (χ0n) is 20.3. The van der Waals surface area contributed by atoms with Gasteiger partial charge >= 0.3 is 0 Å². The number of fused-ring (bicyclic) bond motifs is 6. The zero-order valence-corrected chi connectivity index (χ0v) is 22.8. The third-order valence-electron chi connectivity index (χ3n) is 6.94. The molecule has 0 radical (unpaired) electrons. The molecule has 0 nitrogen and oxygen atoms in total. The maximum Gasteiger partial charge on any atom is 0.194 e. The first kappa shape index (κ1) is 27.0. The van der Waals surface area contributed by atoms with Crippen LogP contribution in [0.25, 0.3) is 63.6 Å². The summed E-state index contributed by atoms with van der Waals surface area (Å²) < 4.78 is 129. The second kappa shape index (κ2) is 9.58. The normalized spacial score (nSPS) is 11.9. The van der Waals surface area contributed by atoms with Crippen LogP contribution >= 0.6 is 34.0 Å². The fourth-order valence-electron chi connectivity index (χ4n) is 5.07. The van der Waals surface area contributed by atoms with Gasteiger partial charge in [0.2, 0.25) is 0 Å². The summed E-state index contributed by atoms with van der Waals surface area (Å²) in [6.07, 6.45) is 0. The lowest BCUT2D eigenvalue weighted by atomic mass is 9.96. The molecular formula is C30H9F9S3. The second-order valence-corrected chi connectivity index (χ2v) is 12.0. The second-order valence-electron chi connectivity index (χ2n) is 9.32. The molecule has 0 unspecified atom stereocenters. The molecule has 0 bridgehead atoms. The minimum Gasteiger partial charge on any atom is -0.204 e. The molecule has 3 aromatic heterocycles. The summed E-state index contributed by atoms with van der Waals surface area (Å²) in [5, 5.41) is 6.07. The molecule has 0 atom stereocenters. The Kier molecular flexibility index (Phi) is 6.16. The molecule has 0 fully saturated rings. The van der Waals surface area contributed by atoms with E-state index in [1.807, 2.05) is 0 Å². The van der Waals surface area contributed by atoms with Gasteiger partial charge in [0.15, 0.2) is 52.4 Å². The number of hydrogen-bond acceptors (Lipinski definition) is 3. The largest absolute Gasteiger partial charge is 0.204 e. The maximum atomic E-state index is 14.3. The number of halogens is 9. The fourth-order valence-corrected chi connectivity index (χ4v) is 8.71. The minimum absolute atomic E-state index is 0.00257. The molecule has 3 heterocycles. The van der Waals surface area contributed by atoms with Crippen molar-refractivity contribution >= 4 is 64.3 Å². The van der Waals surface area contributed by atoms with Crippen molar-refractivity contribution in [3.63, 3.8) is 0 Å². The minimum atomic E-state index is -1.65. The molecule has 0 saturated heterocycles. The Morgan fingerprint density at radius 1 is 0.333 bits per heavy atom. The highest BCUT2D eigenvalue weighted by molar-refractivity contribution is 7.26. The average molecular weight is 637 g/mol. The molecule has 4 aromatic carbocycles. The maximum absolute atomic E-state index is 14.3. The van der Waals surface area contributed by atoms with Crippen molar-refractivity contribution in [1.82, 2.24) is 0 Å². The summed E-state index contributed by atoms with van der Waals surface area (Å²) in [6, 6.07) is 4.97. The van der Waals surface area contributed by atoms with E-state index in [4.69, 9.17) is 0 Å². The quantitative estimate of drug-likeness (QED) is 0.134. The molecule has 0 aliphatic carbocycles. The van der Waals surface area contributed by atoms with E-state index in [2.05, 4.69) is 0 Å². The third-order valence-corrected chi connectivity index (χ3v) is 9.93. The van der Waals surface area contributed by atoms with Crippen molar-refractivity contribution in [3.8, 4) is 33.4 Å². The molecule has 12 heteroatoms. The lowest BCUT2D eigenvalue weighted by Crippen LogP contribution is -1.92. The van der Waals surface area contributed by atoms with E-state index in [9.17, 15) is 39.5 Å². The van der Waals surface area contributed by atoms with Crippen LogP contribution in [0.5, 0.6) is 0 Å². The van der Waals surface area contributed by atoms with Crippen molar-refractivity contribution in [3.05, 3.63) is 105 Å². The van der Waals surface area contributed by atoms with Crippen LogP contribution in [0.4, 0.5) is 39.5 Å². The van der Waals surface area contributed by atoms with E-state index in [1.54, 1.807) is 16.1 Å². The lowest BCUT2D eigenvalue weighted by molar-refractivity contribution is 0.447. The molecule has 0 aliphatic rings. The molecule has 0 saturated carbocycles. The van der Waals surface area contributed by atoms with Gasteiger partial charge < -0.3 is 0 Å². The van der Waals surface area contributed by atoms with Crippen molar-refractivity contribution in [1.29, 1.82) is 0 Å². The Hall–Kier alpha value is -3.87. The lowest BCUT2D eigenvalue weighted by Gasteiger charge is -2.09. The molecule has 0 N–H and O–H groups in total. The van der Waals surface area contributed by atoms with Crippen LogP contribution in [0.2, 0.25) is 0 Å². The van der Waals surface area contributed by atoms with Gasteiger partial charge in [0.05, 0.1) is 0 Å². The monoisotopic (exact) mass is 636 g/mol. The van der Waals surface area contributed by atoms with Crippen LogP contribution in [0.15, 0.2) is 52.5 Å². The van der Waals surface area contributed by atoms with E-state index in [-0.39, 0.29) is 16.7 Å². The van der Waals surface area contributed by atoms with Crippen LogP contribution in [-0.2, 0) is 0 Å². The van der Waals surface area contributed by atoms with Crippen molar-refractivity contribution in [2.75, 3.05) is 0 Å². The van der Waals surface area contributed by atoms with Gasteiger partial charge in [-0.2, -0.15) is 0 Å². The van der Waals surface area contributed by atoms with Gasteiger partial charge in [-0.1, -0.05) is 0 Å². The number of benzene rings is 4. The van der Waals surface area contributed by atoms with Gasteiger partial charge in [-0.15, -0.1) is 34.0 Å². The average Bonchev–Trinajstić information content (AvgIpc) is 3.68. The first-order valence-electron chi connectivity index (χ1n) is 11.9. The summed E-state index contributed by atoms with van der Waals surface area (Å²) in [7, 11) is 0. The summed E-state index contributed by atoms with van der Waals surface area (Å²) in [6.45, 7) is 0. The Labute approximate surface area is 241 Å².